The minimum Gasteiger partial charge on any atom is -0.338 e. The molecule has 5 heteroatoms. The van der Waals surface area contributed by atoms with Crippen LogP contribution in [-0.4, -0.2) is 15.5 Å². The predicted octanol–water partition coefficient (Wildman–Crippen LogP) is 3.59. The second kappa shape index (κ2) is 6.67. The summed E-state index contributed by atoms with van der Waals surface area (Å²) in [5, 5.41) is 3.70. The van der Waals surface area contributed by atoms with E-state index in [1.165, 1.54) is 0 Å². The summed E-state index contributed by atoms with van der Waals surface area (Å²) >= 11 is 5.97. The number of hydrogen-bond donors (Lipinski definition) is 1. The molecule has 23 heavy (non-hydrogen) atoms. The van der Waals surface area contributed by atoms with Gasteiger partial charge >= 0.3 is 0 Å². The third-order valence-corrected chi connectivity index (χ3v) is 3.88. The van der Waals surface area contributed by atoms with Gasteiger partial charge in [-0.25, -0.2) is 4.98 Å². The minimum atomic E-state index is -0.347. The first-order valence-electron chi connectivity index (χ1n) is 7.24. The Labute approximate surface area is 139 Å². The molecule has 0 unspecified atom stereocenters. The van der Waals surface area contributed by atoms with Crippen LogP contribution in [0.4, 0.5) is 0 Å². The number of aromatic nitrogens is 2. The van der Waals surface area contributed by atoms with Crippen LogP contribution in [0.15, 0.2) is 67.0 Å². The molecule has 0 radical (unpaired) electrons. The molecule has 3 aromatic rings. The SMILES string of the molecule is Cn1ccnc1[C@H](NC(=O)c1ccccc1)c1ccc(Cl)cc1. The molecule has 0 saturated carbocycles. The van der Waals surface area contributed by atoms with Crippen molar-refractivity contribution in [1.82, 2.24) is 14.9 Å². The maximum absolute atomic E-state index is 12.5. The molecule has 1 N–H and O–H groups in total. The first-order valence-corrected chi connectivity index (χ1v) is 7.61. The van der Waals surface area contributed by atoms with Gasteiger partial charge in [0.2, 0.25) is 0 Å². The van der Waals surface area contributed by atoms with Crippen molar-refractivity contribution in [2.24, 2.45) is 7.05 Å². The fourth-order valence-corrected chi connectivity index (χ4v) is 2.54. The molecule has 0 aliphatic heterocycles. The van der Waals surface area contributed by atoms with Gasteiger partial charge in [0, 0.05) is 30.0 Å². The molecule has 0 aliphatic rings. The quantitative estimate of drug-likeness (QED) is 0.796. The van der Waals surface area contributed by atoms with Crippen LogP contribution < -0.4 is 5.32 Å². The summed E-state index contributed by atoms with van der Waals surface area (Å²) in [6.07, 6.45) is 3.57. The average molecular weight is 326 g/mol. The fourth-order valence-electron chi connectivity index (χ4n) is 2.41. The summed E-state index contributed by atoms with van der Waals surface area (Å²) in [7, 11) is 1.90. The number of aryl methyl sites for hydroxylation is 1. The summed E-state index contributed by atoms with van der Waals surface area (Å²) in [5.41, 5.74) is 1.54. The number of carbonyl (C=O) groups is 1. The second-order valence-corrected chi connectivity index (χ2v) is 5.66. The van der Waals surface area contributed by atoms with Gasteiger partial charge < -0.3 is 9.88 Å². The lowest BCUT2D eigenvalue weighted by Gasteiger charge is -2.19. The Kier molecular flexibility index (Phi) is 4.44. The van der Waals surface area contributed by atoms with E-state index in [0.29, 0.717) is 10.6 Å². The van der Waals surface area contributed by atoms with Gasteiger partial charge in [0.1, 0.15) is 11.9 Å². The van der Waals surface area contributed by atoms with Gasteiger partial charge in [-0.1, -0.05) is 41.9 Å². The second-order valence-electron chi connectivity index (χ2n) is 5.22. The summed E-state index contributed by atoms with van der Waals surface area (Å²) in [6, 6.07) is 16.2. The highest BCUT2D eigenvalue weighted by Crippen LogP contribution is 2.22. The van der Waals surface area contributed by atoms with Crippen molar-refractivity contribution < 1.29 is 4.79 Å². The van der Waals surface area contributed by atoms with Gasteiger partial charge in [-0.05, 0) is 29.8 Å². The van der Waals surface area contributed by atoms with E-state index in [2.05, 4.69) is 10.3 Å². The van der Waals surface area contributed by atoms with Crippen LogP contribution in [0.5, 0.6) is 0 Å². The van der Waals surface area contributed by atoms with E-state index in [-0.39, 0.29) is 11.9 Å². The van der Waals surface area contributed by atoms with Gasteiger partial charge in [-0.2, -0.15) is 0 Å². The first kappa shape index (κ1) is 15.3. The van der Waals surface area contributed by atoms with Gasteiger partial charge in [0.25, 0.3) is 5.91 Å². The smallest absolute Gasteiger partial charge is 0.252 e. The normalized spacial score (nSPS) is 11.9. The van der Waals surface area contributed by atoms with Crippen molar-refractivity contribution in [2.75, 3.05) is 0 Å². The fraction of sp³-hybridized carbons (Fsp3) is 0.111. The van der Waals surface area contributed by atoms with E-state index in [0.717, 1.165) is 11.4 Å². The van der Waals surface area contributed by atoms with Crippen molar-refractivity contribution in [1.29, 1.82) is 0 Å². The van der Waals surface area contributed by atoms with Crippen molar-refractivity contribution in [3.63, 3.8) is 0 Å². The van der Waals surface area contributed by atoms with Crippen LogP contribution >= 0.6 is 11.6 Å². The van der Waals surface area contributed by atoms with E-state index >= 15 is 0 Å². The molecule has 0 bridgehead atoms. The summed E-state index contributed by atoms with van der Waals surface area (Å²) in [6.45, 7) is 0. The van der Waals surface area contributed by atoms with Crippen LogP contribution in [0.2, 0.25) is 5.02 Å². The molecule has 4 nitrogen and oxygen atoms in total. The molecule has 1 amide bonds. The van der Waals surface area contributed by atoms with Crippen molar-refractivity contribution in [3.8, 4) is 0 Å². The number of benzene rings is 2. The molecule has 3 rings (SSSR count). The zero-order chi connectivity index (χ0) is 16.2. The van der Waals surface area contributed by atoms with Gasteiger partial charge in [0.15, 0.2) is 0 Å². The Balaban J connectivity index is 1.94. The largest absolute Gasteiger partial charge is 0.338 e. The Morgan fingerprint density at radius 1 is 1.13 bits per heavy atom. The van der Waals surface area contributed by atoms with E-state index < -0.39 is 0 Å². The number of hydrogen-bond acceptors (Lipinski definition) is 2. The van der Waals surface area contributed by atoms with Crippen molar-refractivity contribution >= 4 is 17.5 Å². The number of rotatable bonds is 4. The zero-order valence-corrected chi connectivity index (χ0v) is 13.4. The predicted molar refractivity (Wildman–Crippen MR) is 90.4 cm³/mol. The van der Waals surface area contributed by atoms with Crippen LogP contribution in [0.1, 0.15) is 27.8 Å². The molecule has 1 heterocycles. The number of carbonyl (C=O) groups excluding carboxylic acids is 1. The van der Waals surface area contributed by atoms with Crippen LogP contribution in [-0.2, 0) is 7.05 Å². The Morgan fingerprint density at radius 2 is 1.83 bits per heavy atom. The third kappa shape index (κ3) is 3.43. The van der Waals surface area contributed by atoms with Gasteiger partial charge in [-0.3, -0.25) is 4.79 Å². The van der Waals surface area contributed by atoms with E-state index in [9.17, 15) is 4.79 Å². The number of nitrogens with one attached hydrogen (secondary N) is 1. The molecule has 0 fully saturated rings. The molecule has 2 aromatic carbocycles. The molecule has 1 atom stereocenters. The molecule has 1 aromatic heterocycles. The van der Waals surface area contributed by atoms with Crippen molar-refractivity contribution in [2.45, 2.75) is 6.04 Å². The number of amides is 1. The summed E-state index contributed by atoms with van der Waals surface area (Å²) in [4.78, 5) is 16.9. The lowest BCUT2D eigenvalue weighted by Crippen LogP contribution is -2.31. The highest BCUT2D eigenvalue weighted by molar-refractivity contribution is 6.30. The lowest BCUT2D eigenvalue weighted by atomic mass is 10.1. The maximum atomic E-state index is 12.5. The Hall–Kier alpha value is -2.59. The third-order valence-electron chi connectivity index (χ3n) is 3.63. The maximum Gasteiger partial charge on any atom is 0.252 e. The molecule has 0 saturated heterocycles. The molecular formula is C18H16ClN3O. The number of nitrogens with zero attached hydrogens (tertiary/aromatic N) is 2. The standard InChI is InChI=1S/C18H16ClN3O/c1-22-12-11-20-17(22)16(13-7-9-15(19)10-8-13)21-18(23)14-5-3-2-4-6-14/h2-12,16H,1H3,(H,21,23)/t16-/m1/s1. The van der Waals surface area contributed by atoms with E-state index in [1.807, 2.05) is 60.3 Å². The summed E-state index contributed by atoms with van der Waals surface area (Å²) < 4.78 is 1.89. The molecule has 0 spiro atoms. The number of halogens is 1. The highest BCUT2D eigenvalue weighted by atomic mass is 35.5. The summed E-state index contributed by atoms with van der Waals surface area (Å²) in [5.74, 6) is 0.616. The van der Waals surface area contributed by atoms with Gasteiger partial charge in [-0.15, -0.1) is 0 Å². The van der Waals surface area contributed by atoms with Gasteiger partial charge in [0.05, 0.1) is 0 Å². The van der Waals surface area contributed by atoms with E-state index in [1.54, 1.807) is 18.3 Å². The highest BCUT2D eigenvalue weighted by Gasteiger charge is 2.21. The Morgan fingerprint density at radius 3 is 2.43 bits per heavy atom. The zero-order valence-electron chi connectivity index (χ0n) is 12.6. The Bertz CT molecular complexity index is 797. The topological polar surface area (TPSA) is 46.9 Å². The first-order chi connectivity index (χ1) is 11.1. The van der Waals surface area contributed by atoms with E-state index in [4.69, 9.17) is 11.6 Å². The van der Waals surface area contributed by atoms with Crippen molar-refractivity contribution in [3.05, 3.63) is 89.0 Å². The molecular weight excluding hydrogens is 310 g/mol. The number of imidazole rings is 1. The molecule has 116 valence electrons. The van der Waals surface area contributed by atoms with Crippen LogP contribution in [0, 0.1) is 0 Å². The average Bonchev–Trinajstić information content (AvgIpc) is 3.00. The monoisotopic (exact) mass is 325 g/mol. The van der Waals surface area contributed by atoms with Crippen LogP contribution in [0.25, 0.3) is 0 Å². The molecule has 0 aliphatic carbocycles. The lowest BCUT2D eigenvalue weighted by molar-refractivity contribution is 0.0941. The van der Waals surface area contributed by atoms with Crippen LogP contribution in [0.3, 0.4) is 0 Å². The minimum absolute atomic E-state index is 0.145.